The number of aryl methyl sites for hydroxylation is 1. The van der Waals surface area contributed by atoms with Crippen molar-refractivity contribution in [3.8, 4) is 0 Å². The molecule has 1 aliphatic carbocycles. The van der Waals surface area contributed by atoms with E-state index in [1.54, 1.807) is 18.6 Å². The first-order valence-electron chi connectivity index (χ1n) is 8.99. The first kappa shape index (κ1) is 16.5. The largest absolute Gasteiger partial charge is 0.330 e. The Labute approximate surface area is 153 Å². The zero-order chi connectivity index (χ0) is 17.8. The van der Waals surface area contributed by atoms with Crippen LogP contribution >= 0.6 is 0 Å². The van der Waals surface area contributed by atoms with Crippen LogP contribution in [-0.2, 0) is 25.9 Å². The van der Waals surface area contributed by atoms with Gasteiger partial charge in [0, 0.05) is 43.4 Å². The van der Waals surface area contributed by atoms with Gasteiger partial charge in [-0.05, 0) is 65.8 Å². The molecule has 1 amide bonds. The maximum absolute atomic E-state index is 13.4. The van der Waals surface area contributed by atoms with Gasteiger partial charge in [-0.15, -0.1) is 0 Å². The van der Waals surface area contributed by atoms with Crippen molar-refractivity contribution in [2.24, 2.45) is 0 Å². The molecule has 2 heterocycles. The molecule has 3 aromatic rings. The maximum Gasteiger partial charge on any atom is 0.254 e. The molecule has 2 aromatic heterocycles. The van der Waals surface area contributed by atoms with Crippen LogP contribution in [-0.4, -0.2) is 20.8 Å². The molecule has 0 spiro atoms. The summed E-state index contributed by atoms with van der Waals surface area (Å²) in [6.45, 7) is 1.10. The molecule has 1 aromatic carbocycles. The third-order valence-electron chi connectivity index (χ3n) is 4.88. The first-order valence-corrected chi connectivity index (χ1v) is 8.99. The van der Waals surface area contributed by atoms with Gasteiger partial charge in [-0.25, -0.2) is 0 Å². The fourth-order valence-corrected chi connectivity index (χ4v) is 3.61. The third kappa shape index (κ3) is 3.49. The highest BCUT2D eigenvalue weighted by Crippen LogP contribution is 2.27. The van der Waals surface area contributed by atoms with E-state index in [0.717, 1.165) is 36.0 Å². The summed E-state index contributed by atoms with van der Waals surface area (Å²) in [5.74, 6) is 0.0874. The monoisotopic (exact) mass is 343 g/mol. The number of hydrogen-bond acceptors (Lipinski definition) is 3. The molecular weight excluding hydrogens is 322 g/mol. The Hall–Kier alpha value is -3.01. The van der Waals surface area contributed by atoms with Crippen molar-refractivity contribution in [2.45, 2.75) is 32.4 Å². The van der Waals surface area contributed by atoms with Gasteiger partial charge in [0.05, 0.1) is 0 Å². The van der Waals surface area contributed by atoms with E-state index in [9.17, 15) is 4.79 Å². The van der Waals surface area contributed by atoms with Crippen molar-refractivity contribution < 1.29 is 4.79 Å². The molecule has 0 unspecified atom stereocenters. The fraction of sp³-hybridized carbons (Fsp3) is 0.227. The van der Waals surface area contributed by atoms with E-state index < -0.39 is 0 Å². The van der Waals surface area contributed by atoms with Crippen LogP contribution in [0.5, 0.6) is 0 Å². The Balaban J connectivity index is 1.65. The number of aromatic nitrogens is 2. The minimum absolute atomic E-state index is 0.0874. The summed E-state index contributed by atoms with van der Waals surface area (Å²) in [7, 11) is 0. The van der Waals surface area contributed by atoms with Crippen LogP contribution < -0.4 is 0 Å². The van der Waals surface area contributed by atoms with Crippen molar-refractivity contribution in [2.75, 3.05) is 0 Å². The number of carbonyl (C=O) groups excluding carboxylic acids is 1. The normalized spacial score (nSPS) is 12.6. The van der Waals surface area contributed by atoms with E-state index in [1.807, 2.05) is 47.5 Å². The zero-order valence-electron chi connectivity index (χ0n) is 14.6. The van der Waals surface area contributed by atoms with E-state index in [4.69, 9.17) is 0 Å². The molecule has 0 N–H and O–H groups in total. The van der Waals surface area contributed by atoms with Crippen LogP contribution in [0, 0.1) is 0 Å². The van der Waals surface area contributed by atoms with Gasteiger partial charge in [0.1, 0.15) is 0 Å². The predicted octanol–water partition coefficient (Wildman–Crippen LogP) is 3.81. The molecule has 4 heteroatoms. The average Bonchev–Trinajstić information content (AvgIpc) is 3.17. The highest BCUT2D eigenvalue weighted by Gasteiger charge is 2.23. The molecule has 26 heavy (non-hydrogen) atoms. The lowest BCUT2D eigenvalue weighted by atomic mass is 10.0. The number of fused-ring (bicyclic) bond motifs is 1. The van der Waals surface area contributed by atoms with Crippen molar-refractivity contribution in [3.05, 3.63) is 95.1 Å². The number of amides is 1. The van der Waals surface area contributed by atoms with Gasteiger partial charge in [-0.2, -0.15) is 0 Å². The predicted molar refractivity (Wildman–Crippen MR) is 101 cm³/mol. The van der Waals surface area contributed by atoms with Crippen molar-refractivity contribution in [1.29, 1.82) is 0 Å². The summed E-state index contributed by atoms with van der Waals surface area (Å²) in [5.41, 5.74) is 5.50. The highest BCUT2D eigenvalue weighted by molar-refractivity contribution is 5.96. The molecule has 0 radical (unpaired) electrons. The summed E-state index contributed by atoms with van der Waals surface area (Å²) in [5, 5.41) is 0. The number of nitrogens with zero attached hydrogens (tertiary/aromatic N) is 3. The van der Waals surface area contributed by atoms with E-state index in [1.165, 1.54) is 11.1 Å². The standard InChI is InChI=1S/C22H21N3O/c26-22(21-8-2-6-19-5-1-7-20(19)21)25(15-17-9-12-23-13-10-17)16-18-4-3-11-24-14-18/h2-4,6,8-14H,1,5,7,15-16H2. The van der Waals surface area contributed by atoms with Crippen molar-refractivity contribution in [3.63, 3.8) is 0 Å². The molecule has 0 bridgehead atoms. The van der Waals surface area contributed by atoms with Gasteiger partial charge < -0.3 is 4.90 Å². The van der Waals surface area contributed by atoms with Crippen molar-refractivity contribution >= 4 is 5.91 Å². The summed E-state index contributed by atoms with van der Waals surface area (Å²) in [6.07, 6.45) is 10.3. The number of hydrogen-bond donors (Lipinski definition) is 0. The average molecular weight is 343 g/mol. The van der Waals surface area contributed by atoms with Crippen LogP contribution in [0.15, 0.2) is 67.3 Å². The Morgan fingerprint density at radius 3 is 2.54 bits per heavy atom. The molecule has 0 saturated heterocycles. The molecule has 130 valence electrons. The SMILES string of the molecule is O=C(c1cccc2c1CCC2)N(Cc1ccncc1)Cc1cccnc1. The summed E-state index contributed by atoms with van der Waals surface area (Å²) in [6, 6.07) is 14.0. The van der Waals surface area contributed by atoms with Gasteiger partial charge in [0.15, 0.2) is 0 Å². The van der Waals surface area contributed by atoms with Crippen LogP contribution in [0.3, 0.4) is 0 Å². The van der Waals surface area contributed by atoms with E-state index in [-0.39, 0.29) is 5.91 Å². The summed E-state index contributed by atoms with van der Waals surface area (Å²) < 4.78 is 0. The Bertz CT molecular complexity index is 852. The maximum atomic E-state index is 13.4. The first-order chi connectivity index (χ1) is 12.8. The minimum atomic E-state index is 0.0874. The van der Waals surface area contributed by atoms with Crippen molar-refractivity contribution in [1.82, 2.24) is 14.9 Å². The third-order valence-corrected chi connectivity index (χ3v) is 4.88. The summed E-state index contributed by atoms with van der Waals surface area (Å²) >= 11 is 0. The molecule has 0 atom stereocenters. The molecule has 0 saturated carbocycles. The molecule has 4 rings (SSSR count). The van der Waals surface area contributed by atoms with E-state index in [0.29, 0.717) is 13.1 Å². The van der Waals surface area contributed by atoms with E-state index >= 15 is 0 Å². The van der Waals surface area contributed by atoms with Gasteiger partial charge in [-0.3, -0.25) is 14.8 Å². The Morgan fingerprint density at radius 1 is 0.885 bits per heavy atom. The van der Waals surface area contributed by atoms with E-state index in [2.05, 4.69) is 16.0 Å². The lowest BCUT2D eigenvalue weighted by Crippen LogP contribution is -2.31. The van der Waals surface area contributed by atoms with Gasteiger partial charge >= 0.3 is 0 Å². The van der Waals surface area contributed by atoms with Crippen LogP contribution in [0.25, 0.3) is 0 Å². The quantitative estimate of drug-likeness (QED) is 0.708. The number of benzene rings is 1. The fourth-order valence-electron chi connectivity index (χ4n) is 3.61. The smallest absolute Gasteiger partial charge is 0.254 e. The Morgan fingerprint density at radius 2 is 1.73 bits per heavy atom. The lowest BCUT2D eigenvalue weighted by Gasteiger charge is -2.24. The molecule has 4 nitrogen and oxygen atoms in total. The number of rotatable bonds is 5. The second kappa shape index (κ2) is 7.48. The van der Waals surface area contributed by atoms with Gasteiger partial charge in [-0.1, -0.05) is 18.2 Å². The molecular formula is C22H21N3O. The van der Waals surface area contributed by atoms with Crippen LogP contribution in [0.1, 0.15) is 39.0 Å². The number of carbonyl (C=O) groups is 1. The lowest BCUT2D eigenvalue weighted by molar-refractivity contribution is 0.0729. The zero-order valence-corrected chi connectivity index (χ0v) is 14.6. The van der Waals surface area contributed by atoms with Gasteiger partial charge in [0.2, 0.25) is 0 Å². The molecule has 1 aliphatic rings. The minimum Gasteiger partial charge on any atom is -0.330 e. The molecule has 0 aliphatic heterocycles. The second-order valence-corrected chi connectivity index (χ2v) is 6.67. The topological polar surface area (TPSA) is 46.1 Å². The molecule has 0 fully saturated rings. The highest BCUT2D eigenvalue weighted by atomic mass is 16.2. The Kier molecular flexibility index (Phi) is 4.73. The second-order valence-electron chi connectivity index (χ2n) is 6.67. The number of pyridine rings is 2. The van der Waals surface area contributed by atoms with Crippen LogP contribution in [0.4, 0.5) is 0 Å². The summed E-state index contributed by atoms with van der Waals surface area (Å²) in [4.78, 5) is 23.6. The van der Waals surface area contributed by atoms with Gasteiger partial charge in [0.25, 0.3) is 5.91 Å². The van der Waals surface area contributed by atoms with Crippen LogP contribution in [0.2, 0.25) is 0 Å².